The van der Waals surface area contributed by atoms with E-state index in [1.165, 1.54) is 28.0 Å². The zero-order valence-corrected chi connectivity index (χ0v) is 20.9. The third-order valence-electron chi connectivity index (χ3n) is 6.61. The number of hydrogen-bond donors (Lipinski definition) is 1. The van der Waals surface area contributed by atoms with E-state index in [2.05, 4.69) is 39.4 Å². The Kier molecular flexibility index (Phi) is 5.93. The molecule has 35 heavy (non-hydrogen) atoms. The molecule has 0 amide bonds. The van der Waals surface area contributed by atoms with Crippen LogP contribution in [0, 0.1) is 0 Å². The Morgan fingerprint density at radius 1 is 1.17 bits per heavy atom. The Balaban J connectivity index is 1.39. The number of rotatable bonds is 4. The van der Waals surface area contributed by atoms with Crippen LogP contribution in [0.4, 0.5) is 24.8 Å². The lowest BCUT2D eigenvalue weighted by Crippen LogP contribution is -2.26. The Bertz CT molecular complexity index is 1250. The third kappa shape index (κ3) is 4.75. The molecule has 5 nitrogen and oxygen atoms in total. The molecule has 0 spiro atoms. The first-order chi connectivity index (χ1) is 16.8. The van der Waals surface area contributed by atoms with Gasteiger partial charge in [-0.05, 0) is 67.5 Å². The van der Waals surface area contributed by atoms with E-state index >= 15 is 0 Å². The van der Waals surface area contributed by atoms with Crippen molar-refractivity contribution < 1.29 is 17.9 Å². The molecule has 2 aromatic heterocycles. The SMILES string of the molecule is CN1CCc2cc(Nc3ncc(C(F)(F)F)c(-c4cc5c(s4)OCCCS5)n3)c(C3CC3)cc2C1. The highest BCUT2D eigenvalue weighted by molar-refractivity contribution is 7.99. The van der Waals surface area contributed by atoms with Crippen molar-refractivity contribution in [2.45, 2.75) is 49.2 Å². The third-order valence-corrected chi connectivity index (χ3v) is 8.90. The van der Waals surface area contributed by atoms with Crippen LogP contribution in [-0.2, 0) is 19.1 Å². The summed E-state index contributed by atoms with van der Waals surface area (Å²) in [5, 5.41) is 3.95. The van der Waals surface area contributed by atoms with E-state index in [0.717, 1.165) is 61.3 Å². The van der Waals surface area contributed by atoms with Gasteiger partial charge in [0.2, 0.25) is 5.95 Å². The smallest absolute Gasteiger partial charge is 0.420 e. The van der Waals surface area contributed by atoms with Crippen LogP contribution in [0.1, 0.15) is 47.4 Å². The van der Waals surface area contributed by atoms with Gasteiger partial charge < -0.3 is 15.0 Å². The molecule has 1 N–H and O–H groups in total. The fourth-order valence-electron chi connectivity index (χ4n) is 4.65. The number of ether oxygens (including phenoxy) is 1. The van der Waals surface area contributed by atoms with Gasteiger partial charge in [0.05, 0.1) is 22.1 Å². The highest BCUT2D eigenvalue weighted by Gasteiger charge is 2.36. The van der Waals surface area contributed by atoms with E-state index in [1.807, 2.05) is 0 Å². The predicted octanol–water partition coefficient (Wildman–Crippen LogP) is 6.71. The van der Waals surface area contributed by atoms with Crippen molar-refractivity contribution >= 4 is 34.7 Å². The summed E-state index contributed by atoms with van der Waals surface area (Å²) < 4.78 is 47.5. The number of anilines is 2. The number of benzene rings is 1. The number of hydrogen-bond acceptors (Lipinski definition) is 7. The first-order valence-electron chi connectivity index (χ1n) is 11.8. The molecule has 0 bridgehead atoms. The van der Waals surface area contributed by atoms with Crippen LogP contribution in [0.5, 0.6) is 5.06 Å². The molecule has 0 atom stereocenters. The molecule has 1 saturated carbocycles. The Labute approximate surface area is 210 Å². The van der Waals surface area contributed by atoms with Gasteiger partial charge in [0, 0.05) is 30.7 Å². The van der Waals surface area contributed by atoms with Crippen molar-refractivity contribution in [3.05, 3.63) is 46.6 Å². The fraction of sp³-hybridized carbons (Fsp3) is 0.440. The molecular weight excluding hydrogens is 493 g/mol. The molecule has 0 radical (unpaired) electrons. The van der Waals surface area contributed by atoms with E-state index in [0.29, 0.717) is 22.5 Å². The monoisotopic (exact) mass is 518 g/mol. The number of halogens is 3. The van der Waals surface area contributed by atoms with Crippen LogP contribution in [-0.4, -0.2) is 40.8 Å². The lowest BCUT2D eigenvalue weighted by molar-refractivity contribution is -0.137. The van der Waals surface area contributed by atoms with E-state index in [-0.39, 0.29) is 11.6 Å². The topological polar surface area (TPSA) is 50.3 Å². The molecular formula is C25H25F3N4OS2. The van der Waals surface area contributed by atoms with Crippen LogP contribution in [0.15, 0.2) is 29.3 Å². The van der Waals surface area contributed by atoms with Crippen molar-refractivity contribution in [1.29, 1.82) is 0 Å². The number of thioether (sulfide) groups is 1. The summed E-state index contributed by atoms with van der Waals surface area (Å²) in [6, 6.07) is 6.18. The Morgan fingerprint density at radius 2 is 2.03 bits per heavy atom. The standard InChI is InChI=1S/C25H25F3N4OS2/c1-32-6-5-15-10-19(17(14-3-4-14)9-16(15)13-32)30-24-29-12-18(25(26,27)28)22(31-24)20-11-21-23(35-20)33-7-2-8-34-21/h9-12,14H,2-8,13H2,1H3,(H,29,30,31). The van der Waals surface area contributed by atoms with Gasteiger partial charge in [-0.15, -0.1) is 11.8 Å². The van der Waals surface area contributed by atoms with Crippen molar-refractivity contribution in [1.82, 2.24) is 14.9 Å². The molecule has 1 aromatic carbocycles. The molecule has 184 valence electrons. The summed E-state index contributed by atoms with van der Waals surface area (Å²) in [4.78, 5) is 12.1. The molecule has 4 heterocycles. The minimum absolute atomic E-state index is 0.107. The minimum Gasteiger partial charge on any atom is -0.483 e. The Hall–Kier alpha value is -2.30. The van der Waals surface area contributed by atoms with E-state index in [9.17, 15) is 13.2 Å². The van der Waals surface area contributed by atoms with Crippen LogP contribution in [0.3, 0.4) is 0 Å². The zero-order chi connectivity index (χ0) is 24.2. The molecule has 1 fully saturated rings. The Morgan fingerprint density at radius 3 is 2.83 bits per heavy atom. The summed E-state index contributed by atoms with van der Waals surface area (Å²) in [7, 11) is 2.12. The van der Waals surface area contributed by atoms with Gasteiger partial charge in [-0.25, -0.2) is 9.97 Å². The highest BCUT2D eigenvalue weighted by atomic mass is 32.2. The van der Waals surface area contributed by atoms with Gasteiger partial charge in [0.25, 0.3) is 0 Å². The second kappa shape index (κ2) is 8.97. The molecule has 6 rings (SSSR count). The molecule has 3 aliphatic rings. The maximum Gasteiger partial charge on any atom is 0.420 e. The molecule has 1 aliphatic carbocycles. The summed E-state index contributed by atoms with van der Waals surface area (Å²) in [5.41, 5.74) is 3.78. The number of nitrogens with zero attached hydrogens (tertiary/aromatic N) is 3. The maximum absolute atomic E-state index is 13.9. The summed E-state index contributed by atoms with van der Waals surface area (Å²) >= 11 is 2.83. The van der Waals surface area contributed by atoms with Crippen LogP contribution >= 0.6 is 23.1 Å². The van der Waals surface area contributed by atoms with E-state index < -0.39 is 11.7 Å². The molecule has 2 aliphatic heterocycles. The molecule has 3 aromatic rings. The van der Waals surface area contributed by atoms with Gasteiger partial charge in [0.15, 0.2) is 5.06 Å². The molecule has 0 saturated heterocycles. The number of thiophene rings is 1. The van der Waals surface area contributed by atoms with Crippen LogP contribution in [0.25, 0.3) is 10.6 Å². The maximum atomic E-state index is 13.9. The van der Waals surface area contributed by atoms with Crippen LogP contribution in [0.2, 0.25) is 0 Å². The summed E-state index contributed by atoms with van der Waals surface area (Å²) in [6.07, 6.45) is 0.454. The van der Waals surface area contributed by atoms with Crippen molar-refractivity contribution in [3.8, 4) is 15.6 Å². The van der Waals surface area contributed by atoms with Crippen molar-refractivity contribution in [3.63, 3.8) is 0 Å². The highest BCUT2D eigenvalue weighted by Crippen LogP contribution is 2.48. The van der Waals surface area contributed by atoms with Crippen molar-refractivity contribution in [2.75, 3.05) is 31.3 Å². The van der Waals surface area contributed by atoms with Gasteiger partial charge in [-0.3, -0.25) is 0 Å². The van der Waals surface area contributed by atoms with Gasteiger partial charge >= 0.3 is 6.18 Å². The second-order valence-electron chi connectivity index (χ2n) is 9.36. The lowest BCUT2D eigenvalue weighted by atomic mass is 9.94. The summed E-state index contributed by atoms with van der Waals surface area (Å²) in [5.74, 6) is 1.54. The normalized spacial score (nSPS) is 18.4. The van der Waals surface area contributed by atoms with E-state index in [1.54, 1.807) is 17.8 Å². The van der Waals surface area contributed by atoms with Crippen molar-refractivity contribution in [2.24, 2.45) is 0 Å². The predicted molar refractivity (Wildman–Crippen MR) is 133 cm³/mol. The lowest BCUT2D eigenvalue weighted by Gasteiger charge is -2.27. The quantitative estimate of drug-likeness (QED) is 0.414. The van der Waals surface area contributed by atoms with Gasteiger partial charge in [0.1, 0.15) is 5.56 Å². The fourth-order valence-corrected chi connectivity index (χ4v) is 6.82. The first kappa shape index (κ1) is 23.1. The average molecular weight is 519 g/mol. The van der Waals surface area contributed by atoms with Crippen LogP contribution < -0.4 is 10.1 Å². The first-order valence-corrected chi connectivity index (χ1v) is 13.6. The summed E-state index contributed by atoms with van der Waals surface area (Å²) in [6.45, 7) is 2.47. The average Bonchev–Trinajstić information content (AvgIpc) is 3.62. The number of fused-ring (bicyclic) bond motifs is 2. The molecule has 10 heteroatoms. The largest absolute Gasteiger partial charge is 0.483 e. The number of likely N-dealkylation sites (N-methyl/N-ethyl adjacent to an activating group) is 1. The zero-order valence-electron chi connectivity index (χ0n) is 19.2. The van der Waals surface area contributed by atoms with Gasteiger partial charge in [-0.2, -0.15) is 13.2 Å². The number of alkyl halides is 3. The minimum atomic E-state index is -4.56. The van der Waals surface area contributed by atoms with Gasteiger partial charge in [-0.1, -0.05) is 17.4 Å². The second-order valence-corrected chi connectivity index (χ2v) is 11.5. The number of nitrogens with one attached hydrogen (secondary N) is 1. The molecule has 0 unspecified atom stereocenters. The number of aromatic nitrogens is 2. The van der Waals surface area contributed by atoms with E-state index in [4.69, 9.17) is 4.74 Å².